The predicted molar refractivity (Wildman–Crippen MR) is 213 cm³/mol. The predicted octanol–water partition coefficient (Wildman–Crippen LogP) is 12.7. The molecule has 0 saturated carbocycles. The molecule has 0 fully saturated rings. The van der Waals surface area contributed by atoms with Gasteiger partial charge in [-0.05, 0) is 87.0 Å². The van der Waals surface area contributed by atoms with Gasteiger partial charge in [-0.2, -0.15) is 0 Å². The van der Waals surface area contributed by atoms with Crippen molar-refractivity contribution in [2.45, 2.75) is 72.1 Å². The van der Waals surface area contributed by atoms with Crippen molar-refractivity contribution < 1.29 is 4.74 Å². The zero-order chi connectivity index (χ0) is 36.1. The molecule has 260 valence electrons. The molecule has 5 aromatic carbocycles. The van der Waals surface area contributed by atoms with Gasteiger partial charge in [0.2, 0.25) is 0 Å². The van der Waals surface area contributed by atoms with E-state index in [9.17, 15) is 0 Å². The van der Waals surface area contributed by atoms with E-state index in [2.05, 4.69) is 167 Å². The van der Waals surface area contributed by atoms with Crippen LogP contribution in [-0.2, 0) is 0 Å². The monoisotopic (exact) mass is 682 g/mol. The minimum atomic E-state index is 0.156. The fourth-order valence-electron chi connectivity index (χ4n) is 7.94. The van der Waals surface area contributed by atoms with Crippen LogP contribution in [0.25, 0.3) is 45.3 Å². The second-order valence-electron chi connectivity index (χ2n) is 15.0. The lowest BCUT2D eigenvalue weighted by Gasteiger charge is -2.26. The molecular weight excluding hydrogens is 637 g/mol. The highest BCUT2D eigenvalue weighted by Crippen LogP contribution is 2.43. The van der Waals surface area contributed by atoms with Crippen molar-refractivity contribution in [2.75, 3.05) is 0 Å². The third-order valence-electron chi connectivity index (χ3n) is 10.5. The summed E-state index contributed by atoms with van der Waals surface area (Å²) in [6.07, 6.45) is 7.99. The van der Waals surface area contributed by atoms with Crippen molar-refractivity contribution in [3.8, 4) is 56.8 Å². The van der Waals surface area contributed by atoms with E-state index in [-0.39, 0.29) is 5.92 Å². The van der Waals surface area contributed by atoms with Gasteiger partial charge in [0.05, 0.1) is 11.4 Å². The number of fused-ring (bicyclic) bond motifs is 8. The van der Waals surface area contributed by atoms with Crippen molar-refractivity contribution in [2.24, 2.45) is 0 Å². The lowest BCUT2D eigenvalue weighted by molar-refractivity contribution is 0.483. The largest absolute Gasteiger partial charge is 0.457 e. The molecule has 2 bridgehead atoms. The number of ether oxygens (including phenoxy) is 1. The van der Waals surface area contributed by atoms with E-state index in [1.165, 1.54) is 44.8 Å². The SMILES string of the molecule is CC(C)c1cccc(C(C)C)c1-n1ccnc1-c1cccc(Oc2cc3cc(c2)-c2nccn2-c2c(C(C)C)cccc2C(C)c2ccccc2-3)c1. The molecule has 52 heavy (non-hydrogen) atoms. The van der Waals surface area contributed by atoms with Crippen molar-refractivity contribution in [1.29, 1.82) is 0 Å². The highest BCUT2D eigenvalue weighted by molar-refractivity contribution is 5.78. The van der Waals surface area contributed by atoms with Gasteiger partial charge >= 0.3 is 0 Å². The van der Waals surface area contributed by atoms with Gasteiger partial charge in [0.25, 0.3) is 0 Å². The van der Waals surface area contributed by atoms with E-state index in [4.69, 9.17) is 14.7 Å². The molecule has 0 spiro atoms. The molecule has 5 nitrogen and oxygen atoms in total. The number of rotatable bonds is 7. The molecule has 5 heteroatoms. The molecule has 7 aromatic rings. The standard InChI is InChI=1S/C47H46N4O/c1-29(2)38-17-11-18-39(30(3)4)44(38)50-23-21-48-46(50)33-13-10-14-36(26-33)52-37-27-34-25-35(28-37)47-49-22-24-51(47)45-40(31(5)6)19-12-20-42(45)32(7)41-15-8-9-16-43(34)41/h8-32H,1-7H3. The lowest BCUT2D eigenvalue weighted by atomic mass is 9.83. The first-order chi connectivity index (χ1) is 25.2. The van der Waals surface area contributed by atoms with Crippen molar-refractivity contribution >= 4 is 0 Å². The number of hydrogen-bond donors (Lipinski definition) is 0. The number of benzene rings is 5. The summed E-state index contributed by atoms with van der Waals surface area (Å²) in [5.41, 5.74) is 13.2. The number of imidazole rings is 2. The molecule has 0 saturated heterocycles. The van der Waals surface area contributed by atoms with Gasteiger partial charge in [0.15, 0.2) is 0 Å². The van der Waals surface area contributed by atoms with Crippen LogP contribution in [0.5, 0.6) is 11.5 Å². The molecular formula is C47H46N4O. The van der Waals surface area contributed by atoms with Crippen LogP contribution in [0.15, 0.2) is 128 Å². The molecule has 8 rings (SSSR count). The Hall–Kier alpha value is -5.68. The Kier molecular flexibility index (Phi) is 8.66. The third kappa shape index (κ3) is 5.84. The number of aromatic nitrogens is 4. The Bertz CT molecular complexity index is 2380. The fraction of sp³-hybridized carbons (Fsp3) is 0.234. The molecule has 1 atom stereocenters. The van der Waals surface area contributed by atoms with E-state index < -0.39 is 0 Å². The minimum absolute atomic E-state index is 0.156. The fourth-order valence-corrected chi connectivity index (χ4v) is 7.94. The topological polar surface area (TPSA) is 44.9 Å². The Morgan fingerprint density at radius 2 is 1.06 bits per heavy atom. The van der Waals surface area contributed by atoms with E-state index >= 15 is 0 Å². The van der Waals surface area contributed by atoms with Crippen LogP contribution in [-0.4, -0.2) is 19.1 Å². The second kappa shape index (κ2) is 13.5. The Labute approximate surface area is 307 Å². The summed E-state index contributed by atoms with van der Waals surface area (Å²) in [7, 11) is 0. The minimum Gasteiger partial charge on any atom is -0.457 e. The van der Waals surface area contributed by atoms with Crippen LogP contribution in [0, 0.1) is 0 Å². The lowest BCUT2D eigenvalue weighted by Crippen LogP contribution is -2.11. The Morgan fingerprint density at radius 1 is 0.519 bits per heavy atom. The van der Waals surface area contributed by atoms with Crippen LogP contribution < -0.4 is 4.74 Å². The zero-order valence-electron chi connectivity index (χ0n) is 31.1. The molecule has 1 aliphatic rings. The molecule has 0 N–H and O–H groups in total. The molecule has 1 unspecified atom stereocenters. The van der Waals surface area contributed by atoms with E-state index in [0.717, 1.165) is 39.8 Å². The first-order valence-electron chi connectivity index (χ1n) is 18.6. The maximum Gasteiger partial charge on any atom is 0.144 e. The summed E-state index contributed by atoms with van der Waals surface area (Å²) in [6, 6.07) is 37.0. The zero-order valence-corrected chi connectivity index (χ0v) is 31.1. The van der Waals surface area contributed by atoms with Gasteiger partial charge in [-0.15, -0.1) is 0 Å². The smallest absolute Gasteiger partial charge is 0.144 e. The summed E-state index contributed by atoms with van der Waals surface area (Å²) in [6.45, 7) is 15.9. The number of nitrogens with zero attached hydrogens (tertiary/aromatic N) is 4. The van der Waals surface area contributed by atoms with Crippen LogP contribution in [0.4, 0.5) is 0 Å². The molecule has 1 aliphatic heterocycles. The highest BCUT2D eigenvalue weighted by atomic mass is 16.5. The summed E-state index contributed by atoms with van der Waals surface area (Å²) in [4.78, 5) is 9.84. The number of hydrogen-bond acceptors (Lipinski definition) is 3. The Morgan fingerprint density at radius 3 is 1.75 bits per heavy atom. The maximum atomic E-state index is 6.80. The summed E-state index contributed by atoms with van der Waals surface area (Å²) in [5.74, 6) is 4.54. The highest BCUT2D eigenvalue weighted by Gasteiger charge is 2.25. The van der Waals surface area contributed by atoms with Gasteiger partial charge < -0.3 is 4.74 Å². The molecule has 3 heterocycles. The maximum absolute atomic E-state index is 6.80. The van der Waals surface area contributed by atoms with Crippen LogP contribution in [0.1, 0.15) is 100.0 Å². The van der Waals surface area contributed by atoms with E-state index in [1.807, 2.05) is 18.5 Å². The third-order valence-corrected chi connectivity index (χ3v) is 10.5. The molecule has 2 aromatic heterocycles. The van der Waals surface area contributed by atoms with Crippen LogP contribution in [0.3, 0.4) is 0 Å². The van der Waals surface area contributed by atoms with Crippen molar-refractivity contribution in [1.82, 2.24) is 19.1 Å². The van der Waals surface area contributed by atoms with Gasteiger partial charge in [0.1, 0.15) is 23.1 Å². The summed E-state index contributed by atoms with van der Waals surface area (Å²) in [5, 5.41) is 0. The first-order valence-corrected chi connectivity index (χ1v) is 18.6. The average molecular weight is 683 g/mol. The van der Waals surface area contributed by atoms with Crippen molar-refractivity contribution in [3.05, 3.63) is 156 Å². The van der Waals surface area contributed by atoms with Crippen LogP contribution >= 0.6 is 0 Å². The summed E-state index contributed by atoms with van der Waals surface area (Å²) >= 11 is 0. The first kappa shape index (κ1) is 33.5. The molecule has 0 radical (unpaired) electrons. The normalized spacial score (nSPS) is 13.6. The van der Waals surface area contributed by atoms with Gasteiger partial charge in [-0.1, -0.05) is 121 Å². The van der Waals surface area contributed by atoms with Crippen LogP contribution in [0.2, 0.25) is 0 Å². The van der Waals surface area contributed by atoms with E-state index in [1.54, 1.807) is 0 Å². The van der Waals surface area contributed by atoms with Gasteiger partial charge in [-0.25, -0.2) is 9.97 Å². The van der Waals surface area contributed by atoms with Gasteiger partial charge in [-0.3, -0.25) is 9.13 Å². The van der Waals surface area contributed by atoms with Crippen molar-refractivity contribution in [3.63, 3.8) is 0 Å². The average Bonchev–Trinajstić information content (AvgIpc) is 3.84. The molecule has 0 amide bonds. The molecule has 0 aliphatic carbocycles. The quantitative estimate of drug-likeness (QED) is 0.168. The Balaban J connectivity index is 1.25. The van der Waals surface area contributed by atoms with Gasteiger partial charge in [0, 0.05) is 41.8 Å². The summed E-state index contributed by atoms with van der Waals surface area (Å²) < 4.78 is 11.3. The second-order valence-corrected chi connectivity index (χ2v) is 15.0. The van der Waals surface area contributed by atoms with E-state index in [0.29, 0.717) is 17.8 Å². The number of para-hydroxylation sites is 2.